The van der Waals surface area contributed by atoms with Crippen LogP contribution in [-0.2, 0) is 4.79 Å². The fourth-order valence-corrected chi connectivity index (χ4v) is 2.61. The monoisotopic (exact) mass is 381 g/mol. The van der Waals surface area contributed by atoms with Crippen molar-refractivity contribution < 1.29 is 4.79 Å². The molecule has 1 amide bonds. The van der Waals surface area contributed by atoms with Crippen LogP contribution < -0.4 is 10.6 Å². The average Bonchev–Trinajstić information content (AvgIpc) is 2.74. The fourth-order valence-electron chi connectivity index (χ4n) is 2.61. The van der Waals surface area contributed by atoms with Crippen molar-refractivity contribution in [2.75, 3.05) is 0 Å². The maximum Gasteiger partial charge on any atom is 0.249 e. The Kier molecular flexibility index (Phi) is 5.43. The Morgan fingerprint density at radius 3 is 2.79 bits per heavy atom. The summed E-state index contributed by atoms with van der Waals surface area (Å²) < 4.78 is 0. The van der Waals surface area contributed by atoms with Crippen LogP contribution >= 0.6 is 0 Å². The predicted molar refractivity (Wildman–Crippen MR) is 113 cm³/mol. The van der Waals surface area contributed by atoms with Crippen molar-refractivity contribution in [2.24, 2.45) is 20.0 Å². The van der Waals surface area contributed by atoms with Crippen LogP contribution in [0.25, 0.3) is 17.1 Å². The van der Waals surface area contributed by atoms with Crippen molar-refractivity contribution in [3.05, 3.63) is 65.6 Å². The number of aromatic nitrogens is 3. The molecule has 1 aliphatic rings. The Morgan fingerprint density at radius 1 is 0.897 bits per heavy atom. The number of para-hydroxylation sites is 1. The van der Waals surface area contributed by atoms with Gasteiger partial charge >= 0.3 is 0 Å². The summed E-state index contributed by atoms with van der Waals surface area (Å²) in [5.41, 5.74) is 1.21. The van der Waals surface area contributed by atoms with Crippen molar-refractivity contribution in [1.29, 1.82) is 0 Å². The molecule has 3 heterocycles. The summed E-state index contributed by atoms with van der Waals surface area (Å²) in [5.74, 6) is 0.653. The van der Waals surface area contributed by atoms with Crippen LogP contribution in [0.4, 0.5) is 11.6 Å². The summed E-state index contributed by atoms with van der Waals surface area (Å²) in [7, 11) is 0. The fraction of sp³-hybridized carbons (Fsp3) is 0.0476. The largest absolute Gasteiger partial charge is 0.272 e. The van der Waals surface area contributed by atoms with Crippen LogP contribution in [-0.4, -0.2) is 39.5 Å². The third-order valence-electron chi connectivity index (χ3n) is 3.94. The first-order chi connectivity index (χ1) is 14.3. The zero-order valence-electron chi connectivity index (χ0n) is 15.3. The lowest BCUT2D eigenvalue weighted by Crippen LogP contribution is -2.24. The van der Waals surface area contributed by atoms with Crippen molar-refractivity contribution in [3.8, 4) is 0 Å². The van der Waals surface area contributed by atoms with E-state index in [1.54, 1.807) is 24.4 Å². The summed E-state index contributed by atoms with van der Waals surface area (Å²) in [6.45, 7) is 0. The predicted octanol–water partition coefficient (Wildman–Crippen LogP) is 2.04. The second-order valence-electron chi connectivity index (χ2n) is 5.90. The first-order valence-corrected chi connectivity index (χ1v) is 8.83. The van der Waals surface area contributed by atoms with Gasteiger partial charge in [-0.25, -0.2) is 29.9 Å². The molecule has 1 aliphatic heterocycles. The summed E-state index contributed by atoms with van der Waals surface area (Å²) in [6, 6.07) is 11.1. The number of pyridine rings is 1. The first-order valence-electron chi connectivity index (χ1n) is 8.83. The first kappa shape index (κ1) is 18.2. The van der Waals surface area contributed by atoms with Crippen LogP contribution in [0.5, 0.6) is 0 Å². The summed E-state index contributed by atoms with van der Waals surface area (Å²) in [4.78, 5) is 41.8. The van der Waals surface area contributed by atoms with E-state index in [2.05, 4.69) is 34.9 Å². The lowest BCUT2D eigenvalue weighted by atomic mass is 10.2. The molecule has 2 aromatic heterocycles. The number of fused-ring (bicyclic) bond motifs is 2. The number of aliphatic imine (C=N–C) groups is 3. The van der Waals surface area contributed by atoms with E-state index in [-0.39, 0.29) is 12.3 Å². The molecule has 3 aromatic rings. The molecule has 140 valence electrons. The molecule has 0 fully saturated rings. The number of carbonyl (C=O) groups is 1. The zero-order chi connectivity index (χ0) is 19.9. The van der Waals surface area contributed by atoms with Gasteiger partial charge in [0, 0.05) is 31.3 Å². The molecule has 0 saturated carbocycles. The number of nitrogens with zero attached hydrogens (tertiary/aromatic N) is 7. The van der Waals surface area contributed by atoms with Gasteiger partial charge in [0.25, 0.3) is 0 Å². The topological polar surface area (TPSA) is 105 Å². The average molecular weight is 381 g/mol. The zero-order valence-corrected chi connectivity index (χ0v) is 15.3. The SMILES string of the molecule is O=C1C/C=c2\cccc\c2=N/c2ncnc3ccc(nc23)/N=C/C=C\N=C\C=N\1. The van der Waals surface area contributed by atoms with Gasteiger partial charge in [-0.1, -0.05) is 24.3 Å². The Hall–Kier alpha value is -4.20. The van der Waals surface area contributed by atoms with Gasteiger partial charge in [-0.3, -0.25) is 9.79 Å². The molecular weight excluding hydrogens is 366 g/mol. The van der Waals surface area contributed by atoms with Crippen LogP contribution in [0.3, 0.4) is 0 Å². The van der Waals surface area contributed by atoms with Gasteiger partial charge in [-0.2, -0.15) is 0 Å². The minimum atomic E-state index is -0.281. The van der Waals surface area contributed by atoms with E-state index in [4.69, 9.17) is 0 Å². The lowest BCUT2D eigenvalue weighted by Gasteiger charge is -2.01. The van der Waals surface area contributed by atoms with Gasteiger partial charge in [-0.05, 0) is 29.5 Å². The molecule has 8 nitrogen and oxygen atoms in total. The molecule has 0 saturated heterocycles. The Balaban J connectivity index is 1.93. The normalized spacial score (nSPS) is 20.9. The number of hydrogen-bond donors (Lipinski definition) is 0. The maximum absolute atomic E-state index is 12.0. The van der Waals surface area contributed by atoms with Gasteiger partial charge < -0.3 is 0 Å². The molecule has 0 spiro atoms. The highest BCUT2D eigenvalue weighted by atomic mass is 16.1. The highest BCUT2D eigenvalue weighted by Gasteiger charge is 2.05. The molecule has 4 rings (SSSR count). The molecular formula is C21H15N7O. The second-order valence-corrected chi connectivity index (χ2v) is 5.90. The Labute approximate surface area is 165 Å². The smallest absolute Gasteiger partial charge is 0.249 e. The van der Waals surface area contributed by atoms with E-state index >= 15 is 0 Å². The van der Waals surface area contributed by atoms with Crippen LogP contribution in [0.2, 0.25) is 0 Å². The van der Waals surface area contributed by atoms with E-state index in [1.807, 2.05) is 30.3 Å². The maximum atomic E-state index is 12.0. The van der Waals surface area contributed by atoms with Crippen molar-refractivity contribution in [2.45, 2.75) is 6.42 Å². The van der Waals surface area contributed by atoms with Gasteiger partial charge in [0.1, 0.15) is 11.8 Å². The molecule has 0 N–H and O–H groups in total. The Bertz CT molecular complexity index is 1310. The van der Waals surface area contributed by atoms with E-state index in [9.17, 15) is 4.79 Å². The number of carbonyl (C=O) groups excluding carboxylic acids is 1. The Morgan fingerprint density at radius 2 is 1.83 bits per heavy atom. The molecule has 1 aromatic carbocycles. The van der Waals surface area contributed by atoms with E-state index in [0.717, 1.165) is 5.22 Å². The number of allylic oxidation sites excluding steroid dienone is 1. The molecule has 29 heavy (non-hydrogen) atoms. The molecule has 0 unspecified atom stereocenters. The van der Waals surface area contributed by atoms with Crippen molar-refractivity contribution >= 4 is 53.3 Å². The lowest BCUT2D eigenvalue weighted by molar-refractivity contribution is -0.116. The van der Waals surface area contributed by atoms with E-state index in [1.165, 1.54) is 25.0 Å². The van der Waals surface area contributed by atoms with Gasteiger partial charge in [0.05, 0.1) is 10.9 Å². The molecule has 0 aliphatic carbocycles. The van der Waals surface area contributed by atoms with E-state index < -0.39 is 0 Å². The van der Waals surface area contributed by atoms with Gasteiger partial charge in [0.15, 0.2) is 11.6 Å². The second kappa shape index (κ2) is 8.66. The molecule has 0 radical (unpaired) electrons. The standard InChI is InChI=1S/C21H15N7O/c29-19-9-6-15-4-1-2-5-16(15)27-21-20-17(25-14-26-21)7-8-18(28-20)23-11-3-10-22-12-13-24-19/h1-8,10-14H,9H2/b10-3-,15-6+,22-12+,23-11+,24-13+,27-16+. The number of amides is 1. The third kappa shape index (κ3) is 4.56. The van der Waals surface area contributed by atoms with Gasteiger partial charge in [-0.15, -0.1) is 0 Å². The minimum absolute atomic E-state index is 0.145. The third-order valence-corrected chi connectivity index (χ3v) is 3.94. The molecule has 8 heteroatoms. The molecule has 2 bridgehead atoms. The quantitative estimate of drug-likeness (QED) is 0.594. The summed E-state index contributed by atoms with van der Waals surface area (Å²) in [6.07, 6.45) is 10.9. The highest BCUT2D eigenvalue weighted by Crippen LogP contribution is 2.21. The number of hydrogen-bond acceptors (Lipinski definition) is 7. The number of benzene rings is 1. The van der Waals surface area contributed by atoms with Crippen LogP contribution in [0, 0.1) is 0 Å². The van der Waals surface area contributed by atoms with Crippen LogP contribution in [0.1, 0.15) is 6.42 Å². The van der Waals surface area contributed by atoms with E-state index in [0.29, 0.717) is 28.0 Å². The van der Waals surface area contributed by atoms with Crippen LogP contribution in [0.15, 0.2) is 75.0 Å². The number of rotatable bonds is 0. The highest BCUT2D eigenvalue weighted by molar-refractivity contribution is 6.19. The molecule has 0 atom stereocenters. The minimum Gasteiger partial charge on any atom is -0.272 e. The summed E-state index contributed by atoms with van der Waals surface area (Å²) >= 11 is 0. The van der Waals surface area contributed by atoms with Crippen molar-refractivity contribution in [3.63, 3.8) is 0 Å². The summed E-state index contributed by atoms with van der Waals surface area (Å²) in [5, 5.41) is 1.47. The van der Waals surface area contributed by atoms with Crippen molar-refractivity contribution in [1.82, 2.24) is 15.0 Å². The van der Waals surface area contributed by atoms with Gasteiger partial charge in [0.2, 0.25) is 5.91 Å².